The van der Waals surface area contributed by atoms with Gasteiger partial charge in [-0.25, -0.2) is 4.98 Å². The molecule has 2 aromatic heterocycles. The summed E-state index contributed by atoms with van der Waals surface area (Å²) in [5.41, 5.74) is 1.69. The molecule has 0 aromatic carbocycles. The molecule has 0 radical (unpaired) electrons. The summed E-state index contributed by atoms with van der Waals surface area (Å²) in [5.74, 6) is 1.83. The quantitative estimate of drug-likeness (QED) is 0.860. The normalized spacial score (nSPS) is 28.6. The summed E-state index contributed by atoms with van der Waals surface area (Å²) in [6, 6.07) is 8.02. The minimum absolute atomic E-state index is 0.218. The summed E-state index contributed by atoms with van der Waals surface area (Å²) in [5, 5.41) is 8.55. The lowest BCUT2D eigenvalue weighted by atomic mass is 9.81. The van der Waals surface area contributed by atoms with Crippen LogP contribution in [0.4, 0.5) is 0 Å². The standard InChI is InChI=1S/C18H22N4O2/c1-12-18(13-7-9-22(12)10-8-13)24-17-6-4-15(20-21-17)14-3-5-16(23-2)19-11-14/h3-6,11-13,18H,7-10H2,1-2H3. The summed E-state index contributed by atoms with van der Waals surface area (Å²) in [4.78, 5) is 6.71. The van der Waals surface area contributed by atoms with Crippen molar-refractivity contribution < 1.29 is 9.47 Å². The predicted molar refractivity (Wildman–Crippen MR) is 90.0 cm³/mol. The van der Waals surface area contributed by atoms with Gasteiger partial charge in [-0.2, -0.15) is 0 Å². The Kier molecular flexibility index (Phi) is 4.06. The summed E-state index contributed by atoms with van der Waals surface area (Å²) in [6.45, 7) is 4.64. The maximum atomic E-state index is 6.18. The highest BCUT2D eigenvalue weighted by atomic mass is 16.5. The van der Waals surface area contributed by atoms with Crippen molar-refractivity contribution in [3.05, 3.63) is 30.5 Å². The Bertz CT molecular complexity index is 679. The van der Waals surface area contributed by atoms with Gasteiger partial charge in [0.2, 0.25) is 11.8 Å². The first-order valence-electron chi connectivity index (χ1n) is 8.49. The molecule has 2 bridgehead atoms. The molecule has 3 aliphatic heterocycles. The van der Waals surface area contributed by atoms with E-state index in [2.05, 4.69) is 27.0 Å². The predicted octanol–water partition coefficient (Wildman–Crippen LogP) is 2.41. The molecule has 0 amide bonds. The smallest absolute Gasteiger partial charge is 0.233 e. The fourth-order valence-corrected chi connectivity index (χ4v) is 3.78. The van der Waals surface area contributed by atoms with Gasteiger partial charge in [0.25, 0.3) is 0 Å². The van der Waals surface area contributed by atoms with Crippen LogP contribution < -0.4 is 9.47 Å². The molecular weight excluding hydrogens is 304 g/mol. The van der Waals surface area contributed by atoms with Crippen molar-refractivity contribution in [2.75, 3.05) is 20.2 Å². The third-order valence-corrected chi connectivity index (χ3v) is 5.23. The summed E-state index contributed by atoms with van der Waals surface area (Å²) >= 11 is 0. The van der Waals surface area contributed by atoms with E-state index < -0.39 is 0 Å². The van der Waals surface area contributed by atoms with Crippen LogP contribution in [0.25, 0.3) is 11.3 Å². The number of piperidine rings is 3. The van der Waals surface area contributed by atoms with Gasteiger partial charge in [-0.1, -0.05) is 0 Å². The number of hydrogen-bond acceptors (Lipinski definition) is 6. The van der Waals surface area contributed by atoms with Crippen molar-refractivity contribution in [1.82, 2.24) is 20.1 Å². The van der Waals surface area contributed by atoms with Crippen LogP contribution in [0.5, 0.6) is 11.8 Å². The highest BCUT2D eigenvalue weighted by Gasteiger charge is 2.41. The Morgan fingerprint density at radius 1 is 1.04 bits per heavy atom. The molecule has 6 heteroatoms. The maximum Gasteiger partial charge on any atom is 0.233 e. The van der Waals surface area contributed by atoms with Gasteiger partial charge in [-0.05, 0) is 50.9 Å². The molecule has 2 atom stereocenters. The van der Waals surface area contributed by atoms with E-state index in [0.29, 0.717) is 23.7 Å². The molecule has 3 aliphatic rings. The zero-order chi connectivity index (χ0) is 16.5. The van der Waals surface area contributed by atoms with Gasteiger partial charge in [-0.15, -0.1) is 10.2 Å². The average molecular weight is 326 g/mol. The van der Waals surface area contributed by atoms with Gasteiger partial charge in [0.15, 0.2) is 0 Å². The fourth-order valence-electron chi connectivity index (χ4n) is 3.78. The van der Waals surface area contributed by atoms with Crippen LogP contribution in [0.1, 0.15) is 19.8 Å². The second kappa shape index (κ2) is 6.36. The second-order valence-electron chi connectivity index (χ2n) is 6.54. The van der Waals surface area contributed by atoms with Gasteiger partial charge in [0, 0.05) is 29.9 Å². The Hall–Kier alpha value is -2.21. The molecule has 24 heavy (non-hydrogen) atoms. The minimum Gasteiger partial charge on any atom is -0.481 e. The maximum absolute atomic E-state index is 6.18. The van der Waals surface area contributed by atoms with Crippen molar-refractivity contribution in [3.8, 4) is 23.0 Å². The Labute approximate surface area is 141 Å². The largest absolute Gasteiger partial charge is 0.481 e. The number of aromatic nitrogens is 3. The molecule has 6 nitrogen and oxygen atoms in total. The summed E-state index contributed by atoms with van der Waals surface area (Å²) < 4.78 is 11.2. The van der Waals surface area contributed by atoms with Crippen LogP contribution in [-0.2, 0) is 0 Å². The van der Waals surface area contributed by atoms with Crippen molar-refractivity contribution in [3.63, 3.8) is 0 Å². The lowest BCUT2D eigenvalue weighted by molar-refractivity contribution is -0.0528. The van der Waals surface area contributed by atoms with E-state index in [-0.39, 0.29) is 6.10 Å². The number of methoxy groups -OCH3 is 1. The van der Waals surface area contributed by atoms with Crippen LogP contribution >= 0.6 is 0 Å². The zero-order valence-corrected chi connectivity index (χ0v) is 14.1. The van der Waals surface area contributed by atoms with E-state index in [9.17, 15) is 0 Å². The first-order valence-corrected chi connectivity index (χ1v) is 8.49. The lowest BCUT2D eigenvalue weighted by Crippen LogP contribution is -2.58. The minimum atomic E-state index is 0.218. The van der Waals surface area contributed by atoms with Crippen molar-refractivity contribution in [2.24, 2.45) is 5.92 Å². The molecule has 0 spiro atoms. The van der Waals surface area contributed by atoms with E-state index in [1.165, 1.54) is 25.9 Å². The van der Waals surface area contributed by atoms with Crippen molar-refractivity contribution in [1.29, 1.82) is 0 Å². The molecule has 2 aromatic rings. The van der Waals surface area contributed by atoms with Gasteiger partial charge in [0.05, 0.1) is 12.8 Å². The highest BCUT2D eigenvalue weighted by Crippen LogP contribution is 2.34. The third-order valence-electron chi connectivity index (χ3n) is 5.23. The van der Waals surface area contributed by atoms with Crippen molar-refractivity contribution >= 4 is 0 Å². The Morgan fingerprint density at radius 2 is 1.83 bits per heavy atom. The topological polar surface area (TPSA) is 60.4 Å². The van der Waals surface area contributed by atoms with Crippen LogP contribution in [0.3, 0.4) is 0 Å². The van der Waals surface area contributed by atoms with E-state index in [1.807, 2.05) is 24.3 Å². The van der Waals surface area contributed by atoms with Gasteiger partial charge in [0.1, 0.15) is 6.10 Å². The van der Waals surface area contributed by atoms with Crippen LogP contribution in [0.2, 0.25) is 0 Å². The summed E-state index contributed by atoms with van der Waals surface area (Å²) in [7, 11) is 1.60. The molecule has 5 heterocycles. The van der Waals surface area contributed by atoms with Gasteiger partial charge in [-0.3, -0.25) is 4.90 Å². The molecule has 0 aliphatic carbocycles. The van der Waals surface area contributed by atoms with E-state index in [4.69, 9.17) is 9.47 Å². The van der Waals surface area contributed by atoms with Crippen LogP contribution in [0, 0.1) is 5.92 Å². The van der Waals surface area contributed by atoms with E-state index in [1.54, 1.807) is 13.3 Å². The average Bonchev–Trinajstić information content (AvgIpc) is 2.66. The molecular formula is C18H22N4O2. The molecule has 5 rings (SSSR count). The number of hydrogen-bond donors (Lipinski definition) is 0. The first kappa shape index (κ1) is 15.3. The number of pyridine rings is 1. The fraction of sp³-hybridized carbons (Fsp3) is 0.500. The SMILES string of the molecule is COc1ccc(-c2ccc(OC3C4CCN(CC4)C3C)nn2)cn1. The number of nitrogens with zero attached hydrogens (tertiary/aromatic N) is 4. The highest BCUT2D eigenvalue weighted by molar-refractivity contribution is 5.57. The molecule has 2 unspecified atom stereocenters. The van der Waals surface area contributed by atoms with Crippen molar-refractivity contribution in [2.45, 2.75) is 31.9 Å². The number of rotatable bonds is 4. The Balaban J connectivity index is 1.47. The molecule has 3 saturated heterocycles. The zero-order valence-electron chi connectivity index (χ0n) is 14.1. The molecule has 0 saturated carbocycles. The monoisotopic (exact) mass is 326 g/mol. The number of fused-ring (bicyclic) bond motifs is 3. The summed E-state index contributed by atoms with van der Waals surface area (Å²) in [6.07, 6.45) is 4.39. The second-order valence-corrected chi connectivity index (χ2v) is 6.54. The number of ether oxygens (including phenoxy) is 2. The van der Waals surface area contributed by atoms with Gasteiger partial charge < -0.3 is 9.47 Å². The molecule has 126 valence electrons. The third kappa shape index (κ3) is 2.82. The van der Waals surface area contributed by atoms with Crippen LogP contribution in [0.15, 0.2) is 30.5 Å². The van der Waals surface area contributed by atoms with Gasteiger partial charge >= 0.3 is 0 Å². The first-order chi connectivity index (χ1) is 11.7. The molecule has 0 N–H and O–H groups in total. The van der Waals surface area contributed by atoms with E-state index in [0.717, 1.165) is 11.3 Å². The van der Waals surface area contributed by atoms with E-state index >= 15 is 0 Å². The Morgan fingerprint density at radius 3 is 2.42 bits per heavy atom. The van der Waals surface area contributed by atoms with Crippen LogP contribution in [-0.4, -0.2) is 52.4 Å². The molecule has 3 fully saturated rings. The lowest BCUT2D eigenvalue weighted by Gasteiger charge is -2.48.